The van der Waals surface area contributed by atoms with Crippen LogP contribution in [0.1, 0.15) is 16.7 Å². The average molecular weight is 345 g/mol. The van der Waals surface area contributed by atoms with E-state index >= 15 is 0 Å². The zero-order valence-corrected chi connectivity index (χ0v) is 14.9. The lowest BCUT2D eigenvalue weighted by atomic mass is 10.1. The van der Waals surface area contributed by atoms with Gasteiger partial charge in [-0.2, -0.15) is 0 Å². The van der Waals surface area contributed by atoms with Gasteiger partial charge in [-0.25, -0.2) is 9.97 Å². The number of ether oxygens (including phenoxy) is 2. The van der Waals surface area contributed by atoms with Gasteiger partial charge in [0.1, 0.15) is 28.8 Å². The van der Waals surface area contributed by atoms with Crippen LogP contribution in [0.15, 0.2) is 48.8 Å². The number of nitrogens with zero attached hydrogens (tertiary/aromatic N) is 3. The molecular weight excluding hydrogens is 326 g/mol. The Morgan fingerprint density at radius 3 is 1.77 bits per heavy atom. The van der Waals surface area contributed by atoms with Crippen molar-refractivity contribution in [3.8, 4) is 11.5 Å². The van der Waals surface area contributed by atoms with Crippen LogP contribution in [0.2, 0.25) is 0 Å². The van der Waals surface area contributed by atoms with Crippen LogP contribution < -0.4 is 14.4 Å². The number of benzene rings is 1. The molecule has 0 unspecified atom stereocenters. The summed E-state index contributed by atoms with van der Waals surface area (Å²) in [4.78, 5) is 11.3. The van der Waals surface area contributed by atoms with Gasteiger partial charge in [-0.15, -0.1) is 0 Å². The van der Waals surface area contributed by atoms with Gasteiger partial charge < -0.3 is 9.47 Å². The fourth-order valence-electron chi connectivity index (χ4n) is 3.19. The third-order valence-electron chi connectivity index (χ3n) is 4.35. The fourth-order valence-corrected chi connectivity index (χ4v) is 3.19. The maximum absolute atomic E-state index is 5.70. The van der Waals surface area contributed by atoms with E-state index in [1.165, 1.54) is 0 Å². The smallest absolute Gasteiger partial charge is 0.147 e. The van der Waals surface area contributed by atoms with Gasteiger partial charge in [0.2, 0.25) is 0 Å². The Bertz CT molecular complexity index is 924. The maximum atomic E-state index is 5.70. The molecule has 2 aromatic heterocycles. The first-order valence-corrected chi connectivity index (χ1v) is 8.34. The number of aromatic nitrogens is 2. The lowest BCUT2D eigenvalue weighted by Gasteiger charge is -2.28. The lowest BCUT2D eigenvalue weighted by molar-refractivity contribution is 0.396. The summed E-state index contributed by atoms with van der Waals surface area (Å²) in [6, 6.07) is 11.9. The van der Waals surface area contributed by atoms with Crippen LogP contribution in [0.25, 0.3) is 12.2 Å². The van der Waals surface area contributed by atoms with Crippen molar-refractivity contribution in [1.82, 2.24) is 9.97 Å². The Hall–Kier alpha value is -3.34. The minimum atomic E-state index is 0.706. The minimum Gasteiger partial charge on any atom is -0.494 e. The Labute approximate surface area is 152 Å². The second-order valence-electron chi connectivity index (χ2n) is 6.02. The number of hydrogen-bond donors (Lipinski definition) is 0. The van der Waals surface area contributed by atoms with Gasteiger partial charge in [0.15, 0.2) is 0 Å². The van der Waals surface area contributed by atoms with Crippen molar-refractivity contribution in [2.24, 2.45) is 0 Å². The molecule has 0 spiro atoms. The molecule has 1 aliphatic rings. The summed E-state index contributed by atoms with van der Waals surface area (Å²) in [6.07, 6.45) is 7.66. The second-order valence-corrected chi connectivity index (χ2v) is 6.02. The quantitative estimate of drug-likeness (QED) is 0.536. The average Bonchev–Trinajstić information content (AvgIpc) is 2.84. The predicted molar refractivity (Wildman–Crippen MR) is 103 cm³/mol. The second kappa shape index (κ2) is 6.52. The van der Waals surface area contributed by atoms with Crippen LogP contribution in [0.3, 0.4) is 0 Å². The summed E-state index contributed by atoms with van der Waals surface area (Å²) < 4.78 is 11.4. The number of rotatable bonds is 3. The van der Waals surface area contributed by atoms with Crippen molar-refractivity contribution in [3.63, 3.8) is 0 Å². The highest BCUT2D eigenvalue weighted by Gasteiger charge is 2.27. The van der Waals surface area contributed by atoms with E-state index < -0.39 is 0 Å². The highest BCUT2D eigenvalue weighted by molar-refractivity contribution is 5.93. The molecule has 0 amide bonds. The Morgan fingerprint density at radius 1 is 0.808 bits per heavy atom. The third kappa shape index (κ3) is 2.58. The number of aryl methyl sites for hydroxylation is 1. The first-order chi connectivity index (χ1) is 12.7. The van der Waals surface area contributed by atoms with E-state index in [-0.39, 0.29) is 0 Å². The van der Waals surface area contributed by atoms with Gasteiger partial charge in [0.25, 0.3) is 0 Å². The SMILES string of the molecule is COc1cc(C)cc(OC)c1N1c2ncccc2C=Cc2cccnc21. The molecule has 0 radical (unpaired) electrons. The molecule has 0 bridgehead atoms. The Kier molecular flexibility index (Phi) is 4.05. The predicted octanol–water partition coefficient (Wildman–Crippen LogP) is 4.76. The summed E-state index contributed by atoms with van der Waals surface area (Å²) in [5.41, 5.74) is 3.83. The normalized spacial score (nSPS) is 12.2. The molecule has 4 rings (SSSR count). The molecule has 3 heterocycles. The van der Waals surface area contributed by atoms with Crippen LogP contribution >= 0.6 is 0 Å². The largest absolute Gasteiger partial charge is 0.494 e. The highest BCUT2D eigenvalue weighted by Crippen LogP contribution is 2.48. The van der Waals surface area contributed by atoms with E-state index in [0.29, 0.717) is 11.5 Å². The first kappa shape index (κ1) is 16.1. The third-order valence-corrected chi connectivity index (χ3v) is 4.35. The molecule has 1 aliphatic heterocycles. The molecule has 0 saturated heterocycles. The number of fused-ring (bicyclic) bond motifs is 2. The van der Waals surface area contributed by atoms with Crippen molar-refractivity contribution in [2.45, 2.75) is 6.92 Å². The van der Waals surface area contributed by atoms with E-state index in [2.05, 4.69) is 22.1 Å². The summed E-state index contributed by atoms with van der Waals surface area (Å²) in [7, 11) is 3.32. The summed E-state index contributed by atoms with van der Waals surface area (Å²) >= 11 is 0. The molecular formula is C21H19N3O2. The van der Waals surface area contributed by atoms with Crippen LogP contribution in [-0.4, -0.2) is 24.2 Å². The number of anilines is 3. The molecule has 0 aliphatic carbocycles. The van der Waals surface area contributed by atoms with Gasteiger partial charge in [-0.05, 0) is 48.9 Å². The van der Waals surface area contributed by atoms with E-state index in [9.17, 15) is 0 Å². The molecule has 5 nitrogen and oxygen atoms in total. The molecule has 0 fully saturated rings. The molecule has 0 saturated carbocycles. The van der Waals surface area contributed by atoms with Crippen molar-refractivity contribution >= 4 is 29.5 Å². The van der Waals surface area contributed by atoms with Gasteiger partial charge in [0.05, 0.1) is 14.2 Å². The van der Waals surface area contributed by atoms with Crippen LogP contribution in [0, 0.1) is 6.92 Å². The molecule has 0 N–H and O–H groups in total. The molecule has 1 aromatic carbocycles. The number of pyridine rings is 2. The minimum absolute atomic E-state index is 0.706. The first-order valence-electron chi connectivity index (χ1n) is 8.34. The standard InChI is InChI=1S/C21H19N3O2/c1-14-12-17(25-2)19(18(13-14)26-3)24-20-15(6-4-10-22-20)8-9-16-7-5-11-23-21(16)24/h4-13H,1-3H3. The molecule has 3 aromatic rings. The van der Waals surface area contributed by atoms with Gasteiger partial charge >= 0.3 is 0 Å². The van der Waals surface area contributed by atoms with Crippen LogP contribution in [0.4, 0.5) is 17.3 Å². The fraction of sp³-hybridized carbons (Fsp3) is 0.143. The van der Waals surface area contributed by atoms with Gasteiger partial charge in [0, 0.05) is 23.5 Å². The number of methoxy groups -OCH3 is 2. The Morgan fingerprint density at radius 2 is 1.31 bits per heavy atom. The molecule has 5 heteroatoms. The van der Waals surface area contributed by atoms with Crippen molar-refractivity contribution < 1.29 is 9.47 Å². The van der Waals surface area contributed by atoms with Crippen LogP contribution in [-0.2, 0) is 0 Å². The summed E-state index contributed by atoms with van der Waals surface area (Å²) in [5, 5.41) is 0. The molecule has 26 heavy (non-hydrogen) atoms. The molecule has 0 atom stereocenters. The zero-order valence-electron chi connectivity index (χ0n) is 14.9. The van der Waals surface area contributed by atoms with E-state index in [4.69, 9.17) is 9.47 Å². The topological polar surface area (TPSA) is 47.5 Å². The van der Waals surface area contributed by atoms with Crippen molar-refractivity contribution in [3.05, 3.63) is 65.5 Å². The summed E-state index contributed by atoms with van der Waals surface area (Å²) in [5.74, 6) is 2.97. The van der Waals surface area contributed by atoms with Gasteiger partial charge in [-0.1, -0.05) is 12.2 Å². The maximum Gasteiger partial charge on any atom is 0.147 e. The van der Waals surface area contributed by atoms with E-state index in [1.807, 2.05) is 48.2 Å². The summed E-state index contributed by atoms with van der Waals surface area (Å²) in [6.45, 7) is 2.01. The van der Waals surface area contributed by atoms with E-state index in [1.54, 1.807) is 26.6 Å². The molecule has 130 valence electrons. The monoisotopic (exact) mass is 345 g/mol. The Balaban J connectivity index is 2.08. The van der Waals surface area contributed by atoms with E-state index in [0.717, 1.165) is 34.0 Å². The lowest BCUT2D eigenvalue weighted by Crippen LogP contribution is -2.16. The van der Waals surface area contributed by atoms with Crippen molar-refractivity contribution in [2.75, 3.05) is 19.1 Å². The van der Waals surface area contributed by atoms with Crippen LogP contribution in [0.5, 0.6) is 11.5 Å². The van der Waals surface area contributed by atoms with Crippen molar-refractivity contribution in [1.29, 1.82) is 0 Å². The number of hydrogen-bond acceptors (Lipinski definition) is 5. The highest BCUT2D eigenvalue weighted by atomic mass is 16.5. The zero-order chi connectivity index (χ0) is 18.1. The van der Waals surface area contributed by atoms with Gasteiger partial charge in [-0.3, -0.25) is 4.90 Å².